The molecule has 0 atom stereocenters. The Morgan fingerprint density at radius 2 is 2.12 bits per heavy atom. The maximum Gasteiger partial charge on any atom is 0.257 e. The van der Waals surface area contributed by atoms with Gasteiger partial charge in [-0.05, 0) is 5.56 Å². The molecular weight excluding hydrogens is 242 g/mol. The molecule has 1 aliphatic heterocycles. The molecule has 0 bridgehead atoms. The van der Waals surface area contributed by atoms with Crippen LogP contribution in [0.2, 0.25) is 0 Å². The second-order valence-electron chi connectivity index (χ2n) is 4.53. The van der Waals surface area contributed by atoms with E-state index in [9.17, 15) is 4.79 Å². The van der Waals surface area contributed by atoms with Crippen LogP contribution in [-0.4, -0.2) is 16.8 Å². The lowest BCUT2D eigenvalue weighted by molar-refractivity contribution is 0.0982. The fourth-order valence-electron chi connectivity index (χ4n) is 1.86. The molecule has 0 unspecified atom stereocenters. The zero-order chi connectivity index (χ0) is 11.9. The summed E-state index contributed by atoms with van der Waals surface area (Å²) in [6.07, 6.45) is 0. The van der Waals surface area contributed by atoms with Crippen LogP contribution in [0.1, 0.15) is 35.3 Å². The van der Waals surface area contributed by atoms with Gasteiger partial charge in [-0.2, -0.15) is 0 Å². The molecule has 0 radical (unpaired) electrons. The van der Waals surface area contributed by atoms with Gasteiger partial charge in [-0.3, -0.25) is 4.79 Å². The van der Waals surface area contributed by atoms with E-state index < -0.39 is 0 Å². The first kappa shape index (κ1) is 11.6. The van der Waals surface area contributed by atoms with Crippen LogP contribution < -0.4 is 5.32 Å². The largest absolute Gasteiger partial charge is 0.312 e. The Hall–Kier alpha value is -0.930. The highest BCUT2D eigenvalue weighted by atomic mass is 35.5. The van der Waals surface area contributed by atoms with Crippen LogP contribution in [0.15, 0.2) is 18.2 Å². The maximum atomic E-state index is 11.8. The number of carbonyl (C=O) groups excluding carboxylic acids is 1. The highest BCUT2D eigenvalue weighted by molar-refractivity contribution is 7.80. The molecule has 0 saturated carbocycles. The fourth-order valence-corrected chi connectivity index (χ4v) is 2.26. The molecule has 4 heteroatoms. The van der Waals surface area contributed by atoms with Crippen LogP contribution in [0, 0.1) is 0 Å². The molecule has 84 valence electrons. The molecule has 0 spiro atoms. The van der Waals surface area contributed by atoms with Gasteiger partial charge in [-0.25, -0.2) is 0 Å². The summed E-state index contributed by atoms with van der Waals surface area (Å²) in [5.74, 6) is 0.345. The Bertz CT molecular complexity index is 482. The van der Waals surface area contributed by atoms with Crippen LogP contribution in [0.3, 0.4) is 0 Å². The van der Waals surface area contributed by atoms with Crippen LogP contribution in [-0.2, 0) is 5.41 Å². The van der Waals surface area contributed by atoms with Crippen LogP contribution in [0.25, 0.3) is 0 Å². The fraction of sp³-hybridized carbons (Fsp3) is 0.333. The molecular formula is C12H12ClNOS. The second-order valence-corrected chi connectivity index (χ2v) is 5.20. The lowest BCUT2D eigenvalue weighted by Gasteiger charge is -2.24. The van der Waals surface area contributed by atoms with E-state index in [0.717, 1.165) is 11.1 Å². The van der Waals surface area contributed by atoms with Crippen molar-refractivity contribution in [3.63, 3.8) is 0 Å². The number of alkyl halides is 1. The monoisotopic (exact) mass is 253 g/mol. The number of halogens is 1. The Labute approximate surface area is 105 Å². The van der Waals surface area contributed by atoms with Crippen molar-refractivity contribution in [2.24, 2.45) is 0 Å². The van der Waals surface area contributed by atoms with E-state index in [1.807, 2.05) is 32.0 Å². The third-order valence-electron chi connectivity index (χ3n) is 2.83. The number of hydrogen-bond donors (Lipinski definition) is 1. The molecule has 1 heterocycles. The quantitative estimate of drug-likeness (QED) is 0.649. The first-order valence-corrected chi connectivity index (χ1v) is 5.97. The average Bonchev–Trinajstić information content (AvgIpc) is 2.55. The number of carbonyl (C=O) groups is 1. The first-order valence-electron chi connectivity index (χ1n) is 5.02. The SMILES string of the molecule is CC(C)(CCl)c1cccc2c1C(=O)NC2=S. The topological polar surface area (TPSA) is 29.1 Å². The van der Waals surface area contributed by atoms with Gasteiger partial charge < -0.3 is 5.32 Å². The predicted molar refractivity (Wildman–Crippen MR) is 69.4 cm³/mol. The number of benzene rings is 1. The van der Waals surface area contributed by atoms with Crippen molar-refractivity contribution >= 4 is 34.7 Å². The Kier molecular flexibility index (Phi) is 2.76. The van der Waals surface area contributed by atoms with Gasteiger partial charge in [0, 0.05) is 16.9 Å². The minimum absolute atomic E-state index is 0.117. The van der Waals surface area contributed by atoms with Crippen molar-refractivity contribution in [2.45, 2.75) is 19.3 Å². The van der Waals surface area contributed by atoms with E-state index in [0.29, 0.717) is 16.4 Å². The summed E-state index contributed by atoms with van der Waals surface area (Å²) in [5, 5.41) is 2.67. The van der Waals surface area contributed by atoms with E-state index in [4.69, 9.17) is 23.8 Å². The molecule has 16 heavy (non-hydrogen) atoms. The molecule has 1 aliphatic rings. The molecule has 0 fully saturated rings. The van der Waals surface area contributed by atoms with Gasteiger partial charge in [0.1, 0.15) is 4.99 Å². The maximum absolute atomic E-state index is 11.8. The van der Waals surface area contributed by atoms with Crippen LogP contribution in [0.5, 0.6) is 0 Å². The molecule has 2 nitrogen and oxygen atoms in total. The smallest absolute Gasteiger partial charge is 0.257 e. The average molecular weight is 254 g/mol. The lowest BCUT2D eigenvalue weighted by atomic mass is 9.82. The normalized spacial score (nSPS) is 14.9. The van der Waals surface area contributed by atoms with Crippen molar-refractivity contribution in [1.82, 2.24) is 5.32 Å². The van der Waals surface area contributed by atoms with Crippen molar-refractivity contribution in [3.8, 4) is 0 Å². The molecule has 1 aromatic carbocycles. The minimum Gasteiger partial charge on any atom is -0.312 e. The highest BCUT2D eigenvalue weighted by Crippen LogP contribution is 2.31. The predicted octanol–water partition coefficient (Wildman–Crippen LogP) is 2.62. The molecule has 1 aromatic rings. The first-order chi connectivity index (χ1) is 7.47. The Morgan fingerprint density at radius 1 is 1.44 bits per heavy atom. The molecule has 2 rings (SSSR count). The number of fused-ring (bicyclic) bond motifs is 1. The summed E-state index contributed by atoms with van der Waals surface area (Å²) in [6.45, 7) is 4.04. The summed E-state index contributed by atoms with van der Waals surface area (Å²) in [4.78, 5) is 12.3. The Morgan fingerprint density at radius 3 is 2.75 bits per heavy atom. The van der Waals surface area contributed by atoms with Crippen molar-refractivity contribution in [3.05, 3.63) is 34.9 Å². The van der Waals surface area contributed by atoms with Gasteiger partial charge in [0.2, 0.25) is 0 Å². The standard InChI is InChI=1S/C12H12ClNOS/c1-12(2,6-13)8-5-3-4-7-9(8)10(15)14-11(7)16/h3-5H,6H2,1-2H3,(H,14,15,16). The van der Waals surface area contributed by atoms with Gasteiger partial charge in [0.05, 0.1) is 5.56 Å². The van der Waals surface area contributed by atoms with Gasteiger partial charge in [0.25, 0.3) is 5.91 Å². The highest BCUT2D eigenvalue weighted by Gasteiger charge is 2.32. The molecule has 1 amide bonds. The molecule has 0 saturated heterocycles. The van der Waals surface area contributed by atoms with E-state index in [2.05, 4.69) is 5.32 Å². The summed E-state index contributed by atoms with van der Waals surface area (Å²) in [7, 11) is 0. The van der Waals surface area contributed by atoms with Gasteiger partial charge in [-0.1, -0.05) is 44.3 Å². The Balaban J connectivity index is 2.67. The van der Waals surface area contributed by atoms with E-state index >= 15 is 0 Å². The third-order valence-corrected chi connectivity index (χ3v) is 3.82. The van der Waals surface area contributed by atoms with Crippen LogP contribution >= 0.6 is 23.8 Å². The van der Waals surface area contributed by atoms with Crippen molar-refractivity contribution in [2.75, 3.05) is 5.88 Å². The minimum atomic E-state index is -0.232. The van der Waals surface area contributed by atoms with Gasteiger partial charge in [0.15, 0.2) is 0 Å². The molecule has 0 aromatic heterocycles. The van der Waals surface area contributed by atoms with Gasteiger partial charge >= 0.3 is 0 Å². The van der Waals surface area contributed by atoms with E-state index in [1.165, 1.54) is 0 Å². The second kappa shape index (κ2) is 3.82. The lowest BCUT2D eigenvalue weighted by Crippen LogP contribution is -2.24. The van der Waals surface area contributed by atoms with Crippen LogP contribution in [0.4, 0.5) is 0 Å². The number of rotatable bonds is 2. The molecule has 0 aliphatic carbocycles. The third kappa shape index (κ3) is 1.64. The number of nitrogens with one attached hydrogen (secondary N) is 1. The summed E-state index contributed by atoms with van der Waals surface area (Å²) >= 11 is 11.1. The van der Waals surface area contributed by atoms with E-state index in [1.54, 1.807) is 0 Å². The number of thiocarbonyl (C=S) groups is 1. The molecule has 1 N–H and O–H groups in total. The van der Waals surface area contributed by atoms with Gasteiger partial charge in [-0.15, -0.1) is 11.6 Å². The zero-order valence-electron chi connectivity index (χ0n) is 9.13. The summed E-state index contributed by atoms with van der Waals surface area (Å²) < 4.78 is 0. The zero-order valence-corrected chi connectivity index (χ0v) is 10.7. The van der Waals surface area contributed by atoms with E-state index in [-0.39, 0.29) is 11.3 Å². The van der Waals surface area contributed by atoms with Crippen molar-refractivity contribution < 1.29 is 4.79 Å². The van der Waals surface area contributed by atoms with Crippen molar-refractivity contribution in [1.29, 1.82) is 0 Å². The number of amides is 1. The number of hydrogen-bond acceptors (Lipinski definition) is 2. The summed E-state index contributed by atoms with van der Waals surface area (Å²) in [5.41, 5.74) is 2.22. The summed E-state index contributed by atoms with van der Waals surface area (Å²) in [6, 6.07) is 5.72.